The average molecular weight is 281 g/mol. The summed E-state index contributed by atoms with van der Waals surface area (Å²) in [5.74, 6) is 0.499. The van der Waals surface area contributed by atoms with E-state index in [1.54, 1.807) is 12.1 Å². The van der Waals surface area contributed by atoms with Crippen molar-refractivity contribution in [1.29, 1.82) is 0 Å². The highest BCUT2D eigenvalue weighted by molar-refractivity contribution is 5.94. The van der Waals surface area contributed by atoms with Gasteiger partial charge in [0.05, 0.1) is 6.61 Å². The summed E-state index contributed by atoms with van der Waals surface area (Å²) in [4.78, 5) is 13.7. The first-order valence-electron chi connectivity index (χ1n) is 6.46. The molecule has 1 aromatic rings. The fraction of sp³-hybridized carbons (Fsp3) is 0.500. The predicted octanol–water partition coefficient (Wildman–Crippen LogP) is 0.539. The minimum Gasteiger partial charge on any atom is -0.492 e. The second-order valence-electron chi connectivity index (χ2n) is 4.73. The number of benzene rings is 1. The van der Waals surface area contributed by atoms with Crippen LogP contribution in [-0.2, 0) is 9.53 Å². The summed E-state index contributed by atoms with van der Waals surface area (Å²) >= 11 is 0. The maximum Gasteiger partial charge on any atom is 0.243 e. The summed E-state index contributed by atoms with van der Waals surface area (Å²) in [5.41, 5.74) is 6.32. The highest BCUT2D eigenvalue weighted by Crippen LogP contribution is 2.15. The molecule has 0 aliphatic carbocycles. The van der Waals surface area contributed by atoms with Crippen LogP contribution in [0.5, 0.6) is 5.75 Å². The molecule has 0 saturated carbocycles. The number of likely N-dealkylation sites (N-methyl/N-ethyl adjacent to an activating group) is 1. The predicted molar refractivity (Wildman–Crippen MR) is 79.0 cm³/mol. The Morgan fingerprint density at radius 2 is 2.00 bits per heavy atom. The molecule has 0 aromatic heterocycles. The van der Waals surface area contributed by atoms with Gasteiger partial charge in [0, 0.05) is 19.3 Å². The quantitative estimate of drug-likeness (QED) is 0.727. The molecular weight excluding hydrogens is 258 g/mol. The van der Waals surface area contributed by atoms with E-state index < -0.39 is 6.04 Å². The molecule has 0 heterocycles. The van der Waals surface area contributed by atoms with Crippen molar-refractivity contribution < 1.29 is 14.3 Å². The van der Waals surface area contributed by atoms with Crippen molar-refractivity contribution in [1.82, 2.24) is 4.90 Å². The highest BCUT2D eigenvalue weighted by Gasteiger charge is 2.12. The second kappa shape index (κ2) is 8.52. The summed E-state index contributed by atoms with van der Waals surface area (Å²) in [6, 6.07) is 6.52. The summed E-state index contributed by atoms with van der Waals surface area (Å²) < 4.78 is 10.4. The molecule has 0 fully saturated rings. The van der Waals surface area contributed by atoms with E-state index in [9.17, 15) is 4.79 Å². The standard InChI is InChI=1S/C14H23N3O3/c1-17(2)8-9-20-12-6-4-11(5-7-12)16-14(18)13(15)10-19-3/h4-7,13H,8-10,15H2,1-3H3,(H,16,18). The summed E-state index contributed by atoms with van der Waals surface area (Å²) in [7, 11) is 5.49. The Kier molecular flexibility index (Phi) is 7.00. The van der Waals surface area contributed by atoms with Gasteiger partial charge < -0.3 is 25.4 Å². The van der Waals surface area contributed by atoms with Crippen LogP contribution in [-0.4, -0.2) is 57.8 Å². The van der Waals surface area contributed by atoms with Crippen LogP contribution in [0, 0.1) is 0 Å². The van der Waals surface area contributed by atoms with E-state index in [1.807, 2.05) is 31.1 Å². The van der Waals surface area contributed by atoms with Gasteiger partial charge in [0.1, 0.15) is 18.4 Å². The molecule has 0 aliphatic rings. The van der Waals surface area contributed by atoms with E-state index >= 15 is 0 Å². The number of nitrogens with two attached hydrogens (primary N) is 1. The molecule has 3 N–H and O–H groups in total. The fourth-order valence-corrected chi connectivity index (χ4v) is 1.47. The Labute approximate surface area is 119 Å². The topological polar surface area (TPSA) is 76.8 Å². The third kappa shape index (κ3) is 6.01. The first-order chi connectivity index (χ1) is 9.52. The Balaban J connectivity index is 2.44. The van der Waals surface area contributed by atoms with E-state index in [2.05, 4.69) is 5.32 Å². The van der Waals surface area contributed by atoms with Crippen molar-refractivity contribution >= 4 is 11.6 Å². The molecule has 0 radical (unpaired) electrons. The number of amides is 1. The van der Waals surface area contributed by atoms with Gasteiger partial charge in [-0.1, -0.05) is 0 Å². The van der Waals surface area contributed by atoms with Gasteiger partial charge in [-0.05, 0) is 38.4 Å². The van der Waals surface area contributed by atoms with Crippen LogP contribution < -0.4 is 15.8 Å². The van der Waals surface area contributed by atoms with Crippen LogP contribution in [0.3, 0.4) is 0 Å². The maximum absolute atomic E-state index is 11.7. The lowest BCUT2D eigenvalue weighted by atomic mass is 10.2. The number of nitrogens with zero attached hydrogens (tertiary/aromatic N) is 1. The zero-order chi connectivity index (χ0) is 15.0. The van der Waals surface area contributed by atoms with Gasteiger partial charge in [-0.2, -0.15) is 0 Å². The molecule has 0 aliphatic heterocycles. The molecule has 6 heteroatoms. The van der Waals surface area contributed by atoms with Gasteiger partial charge in [0.15, 0.2) is 0 Å². The molecular formula is C14H23N3O3. The lowest BCUT2D eigenvalue weighted by Crippen LogP contribution is -2.39. The molecule has 1 atom stereocenters. The summed E-state index contributed by atoms with van der Waals surface area (Å²) in [5, 5.41) is 2.72. The molecule has 1 unspecified atom stereocenters. The van der Waals surface area contributed by atoms with E-state index in [4.69, 9.17) is 15.2 Å². The molecule has 1 aromatic carbocycles. The number of anilines is 1. The molecule has 1 amide bonds. The van der Waals surface area contributed by atoms with Crippen LogP contribution >= 0.6 is 0 Å². The number of hydrogen-bond acceptors (Lipinski definition) is 5. The van der Waals surface area contributed by atoms with Gasteiger partial charge in [-0.3, -0.25) is 4.79 Å². The Morgan fingerprint density at radius 3 is 2.55 bits per heavy atom. The Bertz CT molecular complexity index is 407. The number of methoxy groups -OCH3 is 1. The third-order valence-electron chi connectivity index (χ3n) is 2.61. The average Bonchev–Trinajstić information content (AvgIpc) is 2.40. The van der Waals surface area contributed by atoms with Crippen LogP contribution in [0.2, 0.25) is 0 Å². The zero-order valence-corrected chi connectivity index (χ0v) is 12.3. The number of ether oxygens (including phenoxy) is 2. The summed E-state index contributed by atoms with van der Waals surface area (Å²) in [6.07, 6.45) is 0. The summed E-state index contributed by atoms with van der Waals surface area (Å²) in [6.45, 7) is 1.67. The first kappa shape index (κ1) is 16.4. The lowest BCUT2D eigenvalue weighted by molar-refractivity contribution is -0.118. The molecule has 6 nitrogen and oxygen atoms in total. The molecule has 0 spiro atoms. The number of carbonyl (C=O) groups is 1. The van der Waals surface area contributed by atoms with Crippen LogP contribution in [0.1, 0.15) is 0 Å². The fourth-order valence-electron chi connectivity index (χ4n) is 1.47. The van der Waals surface area contributed by atoms with Gasteiger partial charge in [0.25, 0.3) is 0 Å². The van der Waals surface area contributed by atoms with Crippen molar-refractivity contribution in [2.75, 3.05) is 46.3 Å². The van der Waals surface area contributed by atoms with Crippen molar-refractivity contribution in [3.8, 4) is 5.75 Å². The molecule has 20 heavy (non-hydrogen) atoms. The molecule has 112 valence electrons. The minimum atomic E-state index is -0.670. The number of nitrogens with one attached hydrogen (secondary N) is 1. The highest BCUT2D eigenvalue weighted by atomic mass is 16.5. The maximum atomic E-state index is 11.7. The SMILES string of the molecule is COCC(N)C(=O)Nc1ccc(OCCN(C)C)cc1. The van der Waals surface area contributed by atoms with E-state index in [1.165, 1.54) is 7.11 Å². The van der Waals surface area contributed by atoms with Crippen molar-refractivity contribution in [2.24, 2.45) is 5.73 Å². The van der Waals surface area contributed by atoms with Crippen LogP contribution in [0.15, 0.2) is 24.3 Å². The van der Waals surface area contributed by atoms with Crippen molar-refractivity contribution in [2.45, 2.75) is 6.04 Å². The zero-order valence-electron chi connectivity index (χ0n) is 12.3. The molecule has 0 saturated heterocycles. The number of hydrogen-bond donors (Lipinski definition) is 2. The first-order valence-corrected chi connectivity index (χ1v) is 6.46. The number of carbonyl (C=O) groups excluding carboxylic acids is 1. The van der Waals surface area contributed by atoms with Gasteiger partial charge in [0.2, 0.25) is 5.91 Å². The van der Waals surface area contributed by atoms with Gasteiger partial charge in [-0.25, -0.2) is 0 Å². The Morgan fingerprint density at radius 1 is 1.35 bits per heavy atom. The van der Waals surface area contributed by atoms with Crippen LogP contribution in [0.4, 0.5) is 5.69 Å². The van der Waals surface area contributed by atoms with Crippen molar-refractivity contribution in [3.05, 3.63) is 24.3 Å². The lowest BCUT2D eigenvalue weighted by Gasteiger charge is -2.13. The molecule has 1 rings (SSSR count). The van der Waals surface area contributed by atoms with Gasteiger partial charge >= 0.3 is 0 Å². The number of rotatable bonds is 8. The van der Waals surface area contributed by atoms with E-state index in [0.29, 0.717) is 12.3 Å². The normalized spacial score (nSPS) is 12.2. The Hall–Kier alpha value is -1.63. The molecule has 0 bridgehead atoms. The van der Waals surface area contributed by atoms with E-state index in [0.717, 1.165) is 12.3 Å². The van der Waals surface area contributed by atoms with Crippen LogP contribution in [0.25, 0.3) is 0 Å². The van der Waals surface area contributed by atoms with Crippen molar-refractivity contribution in [3.63, 3.8) is 0 Å². The minimum absolute atomic E-state index is 0.192. The van der Waals surface area contributed by atoms with Gasteiger partial charge in [-0.15, -0.1) is 0 Å². The smallest absolute Gasteiger partial charge is 0.243 e. The monoisotopic (exact) mass is 281 g/mol. The van der Waals surface area contributed by atoms with E-state index in [-0.39, 0.29) is 12.5 Å². The third-order valence-corrected chi connectivity index (χ3v) is 2.61. The second-order valence-corrected chi connectivity index (χ2v) is 4.73. The largest absolute Gasteiger partial charge is 0.492 e.